The third-order valence-corrected chi connectivity index (χ3v) is 5.81. The first-order valence-corrected chi connectivity index (χ1v) is 11.0. The van der Waals surface area contributed by atoms with Crippen LogP contribution >= 0.6 is 11.6 Å². The first kappa shape index (κ1) is 21.2. The van der Waals surface area contributed by atoms with Crippen molar-refractivity contribution in [1.82, 2.24) is 14.3 Å². The van der Waals surface area contributed by atoms with Crippen molar-refractivity contribution < 1.29 is 4.79 Å². The molecule has 1 aliphatic rings. The largest absolute Gasteiger partial charge is 0.377 e. The van der Waals surface area contributed by atoms with Gasteiger partial charge in [-0.2, -0.15) is 5.10 Å². The fourth-order valence-electron chi connectivity index (χ4n) is 3.83. The summed E-state index contributed by atoms with van der Waals surface area (Å²) in [6.07, 6.45) is 3.85. The maximum Gasteiger partial charge on any atom is 0.346 e. The van der Waals surface area contributed by atoms with E-state index in [2.05, 4.69) is 34.8 Å². The molecular weight excluding hydrogens is 414 g/mol. The predicted molar refractivity (Wildman–Crippen MR) is 123 cm³/mol. The van der Waals surface area contributed by atoms with Crippen molar-refractivity contribution in [2.45, 2.75) is 51.7 Å². The summed E-state index contributed by atoms with van der Waals surface area (Å²) in [5.74, 6) is 0.450. The lowest BCUT2D eigenvalue weighted by atomic mass is 10.1. The van der Waals surface area contributed by atoms with Crippen LogP contribution in [0.15, 0.2) is 53.3 Å². The van der Waals surface area contributed by atoms with Crippen LogP contribution in [0.1, 0.15) is 43.6 Å². The molecule has 0 saturated carbocycles. The summed E-state index contributed by atoms with van der Waals surface area (Å²) >= 11 is 6.43. The Bertz CT molecular complexity index is 1120. The van der Waals surface area contributed by atoms with E-state index in [-0.39, 0.29) is 24.2 Å². The lowest BCUT2D eigenvalue weighted by molar-refractivity contribution is -0.117. The van der Waals surface area contributed by atoms with Gasteiger partial charge in [0.1, 0.15) is 12.4 Å². The van der Waals surface area contributed by atoms with Gasteiger partial charge in [0, 0.05) is 24.7 Å². The first-order chi connectivity index (χ1) is 15.0. The molecule has 0 radical (unpaired) electrons. The smallest absolute Gasteiger partial charge is 0.346 e. The van der Waals surface area contributed by atoms with E-state index in [1.807, 2.05) is 24.3 Å². The van der Waals surface area contributed by atoms with Crippen LogP contribution in [-0.2, 0) is 24.3 Å². The number of fused-ring (bicyclic) bond motifs is 1. The van der Waals surface area contributed by atoms with Gasteiger partial charge in [-0.3, -0.25) is 9.36 Å². The number of aryl methyl sites for hydroxylation is 1. The highest BCUT2D eigenvalue weighted by molar-refractivity contribution is 6.33. The first-order valence-electron chi connectivity index (χ1n) is 10.6. The number of rotatable bonds is 6. The van der Waals surface area contributed by atoms with Crippen LogP contribution in [0.5, 0.6) is 0 Å². The normalized spacial score (nSPS) is 14.4. The zero-order valence-electron chi connectivity index (χ0n) is 17.5. The lowest BCUT2D eigenvalue weighted by Crippen LogP contribution is -2.30. The molecule has 1 aliphatic heterocycles. The van der Waals surface area contributed by atoms with Crippen LogP contribution in [0.2, 0.25) is 5.02 Å². The van der Waals surface area contributed by atoms with E-state index < -0.39 is 0 Å². The van der Waals surface area contributed by atoms with Gasteiger partial charge in [-0.25, -0.2) is 9.48 Å². The third kappa shape index (κ3) is 4.99. The lowest BCUT2D eigenvalue weighted by Gasteiger charge is -2.17. The Hall–Kier alpha value is -3.06. The second-order valence-corrected chi connectivity index (χ2v) is 8.25. The number of aromatic nitrogens is 3. The zero-order chi connectivity index (χ0) is 21.8. The highest BCUT2D eigenvalue weighted by atomic mass is 35.5. The topological polar surface area (TPSA) is 80.9 Å². The minimum atomic E-state index is -0.315. The highest BCUT2D eigenvalue weighted by Crippen LogP contribution is 2.29. The minimum absolute atomic E-state index is 0.0853. The van der Waals surface area contributed by atoms with Crippen molar-refractivity contribution in [2.24, 2.45) is 0 Å². The third-order valence-electron chi connectivity index (χ3n) is 5.50. The molecule has 4 rings (SSSR count). The van der Waals surface area contributed by atoms with Gasteiger partial charge in [0.2, 0.25) is 5.91 Å². The van der Waals surface area contributed by atoms with Crippen LogP contribution in [0.25, 0.3) is 0 Å². The fourth-order valence-corrected chi connectivity index (χ4v) is 4.07. The monoisotopic (exact) mass is 439 g/mol. The maximum absolute atomic E-state index is 12.5. The quantitative estimate of drug-likeness (QED) is 0.602. The summed E-state index contributed by atoms with van der Waals surface area (Å²) in [6, 6.07) is 15.5. The standard InChI is InChI=1S/C23H26ClN5O2/c1-16(17-8-4-2-5-9-17)25-20-12-11-18(14-19(20)24)26-22(30)15-29-23(31)28-13-7-3-6-10-21(28)27-29/h2,4-5,8-9,11-12,14,16,25H,3,6-7,10,13,15H2,1H3,(H,26,30). The average Bonchev–Trinajstić information content (AvgIpc) is 2.92. The van der Waals surface area contributed by atoms with E-state index >= 15 is 0 Å². The molecule has 1 atom stereocenters. The minimum Gasteiger partial charge on any atom is -0.377 e. The van der Waals surface area contributed by atoms with E-state index in [9.17, 15) is 9.59 Å². The number of nitrogens with zero attached hydrogens (tertiary/aromatic N) is 3. The van der Waals surface area contributed by atoms with Crippen LogP contribution in [0.4, 0.5) is 11.4 Å². The van der Waals surface area contributed by atoms with Gasteiger partial charge in [0.15, 0.2) is 0 Å². The average molecular weight is 440 g/mol. The Morgan fingerprint density at radius 1 is 1.16 bits per heavy atom. The molecule has 3 aromatic rings. The molecule has 0 bridgehead atoms. The fraction of sp³-hybridized carbons (Fsp3) is 0.348. The van der Waals surface area contributed by atoms with Gasteiger partial charge < -0.3 is 10.6 Å². The molecule has 7 nitrogen and oxygen atoms in total. The molecule has 162 valence electrons. The Morgan fingerprint density at radius 3 is 2.74 bits per heavy atom. The molecule has 0 spiro atoms. The molecule has 1 aromatic heterocycles. The maximum atomic E-state index is 12.5. The number of hydrogen-bond donors (Lipinski definition) is 2. The second kappa shape index (κ2) is 9.39. The van der Waals surface area contributed by atoms with Crippen LogP contribution in [0, 0.1) is 0 Å². The molecule has 2 N–H and O–H groups in total. The molecule has 0 fully saturated rings. The number of anilines is 2. The summed E-state index contributed by atoms with van der Waals surface area (Å²) in [7, 11) is 0. The summed E-state index contributed by atoms with van der Waals surface area (Å²) in [5.41, 5.74) is 2.28. The molecular formula is C23H26ClN5O2. The Balaban J connectivity index is 1.40. The zero-order valence-corrected chi connectivity index (χ0v) is 18.2. The van der Waals surface area contributed by atoms with E-state index in [1.54, 1.807) is 16.7 Å². The molecule has 2 aromatic carbocycles. The second-order valence-electron chi connectivity index (χ2n) is 7.84. The Morgan fingerprint density at radius 2 is 1.97 bits per heavy atom. The number of carbonyl (C=O) groups is 1. The van der Waals surface area contributed by atoms with Crippen molar-refractivity contribution >= 4 is 28.9 Å². The van der Waals surface area contributed by atoms with Crippen molar-refractivity contribution in [1.29, 1.82) is 0 Å². The summed E-state index contributed by atoms with van der Waals surface area (Å²) in [6.45, 7) is 2.61. The molecule has 0 saturated heterocycles. The summed E-state index contributed by atoms with van der Waals surface area (Å²) < 4.78 is 2.93. The summed E-state index contributed by atoms with van der Waals surface area (Å²) in [5, 5.41) is 11.0. The van der Waals surface area contributed by atoms with E-state index in [0.29, 0.717) is 17.3 Å². The van der Waals surface area contributed by atoms with Crippen molar-refractivity contribution in [2.75, 3.05) is 10.6 Å². The highest BCUT2D eigenvalue weighted by Gasteiger charge is 2.17. The van der Waals surface area contributed by atoms with Gasteiger partial charge in [-0.05, 0) is 43.5 Å². The van der Waals surface area contributed by atoms with Gasteiger partial charge in [0.25, 0.3) is 0 Å². The SMILES string of the molecule is CC(Nc1ccc(NC(=O)Cn2nc3n(c2=O)CCCCC3)cc1Cl)c1ccccc1. The van der Waals surface area contributed by atoms with E-state index in [1.165, 1.54) is 4.68 Å². The van der Waals surface area contributed by atoms with E-state index in [0.717, 1.165) is 42.8 Å². The van der Waals surface area contributed by atoms with Crippen LogP contribution in [-0.4, -0.2) is 20.3 Å². The predicted octanol–water partition coefficient (Wildman–Crippen LogP) is 4.24. The number of hydrogen-bond acceptors (Lipinski definition) is 4. The summed E-state index contributed by atoms with van der Waals surface area (Å²) in [4.78, 5) is 25.0. The number of carbonyl (C=O) groups excluding carboxylic acids is 1. The van der Waals surface area contributed by atoms with Gasteiger partial charge in [-0.1, -0.05) is 48.4 Å². The number of benzene rings is 2. The van der Waals surface area contributed by atoms with Gasteiger partial charge >= 0.3 is 5.69 Å². The molecule has 31 heavy (non-hydrogen) atoms. The molecule has 2 heterocycles. The Labute approximate surface area is 186 Å². The van der Waals surface area contributed by atoms with Crippen molar-refractivity contribution in [3.63, 3.8) is 0 Å². The van der Waals surface area contributed by atoms with Crippen molar-refractivity contribution in [3.05, 3.63) is 75.4 Å². The number of halogens is 1. The molecule has 8 heteroatoms. The van der Waals surface area contributed by atoms with Crippen LogP contribution < -0.4 is 16.3 Å². The van der Waals surface area contributed by atoms with E-state index in [4.69, 9.17) is 11.6 Å². The molecule has 0 aliphatic carbocycles. The number of amides is 1. The van der Waals surface area contributed by atoms with Gasteiger partial charge in [0.05, 0.1) is 10.7 Å². The van der Waals surface area contributed by atoms with Crippen molar-refractivity contribution in [3.8, 4) is 0 Å². The van der Waals surface area contributed by atoms with Crippen LogP contribution in [0.3, 0.4) is 0 Å². The molecule has 1 unspecified atom stereocenters. The molecule has 1 amide bonds. The number of nitrogens with one attached hydrogen (secondary N) is 2. The van der Waals surface area contributed by atoms with Gasteiger partial charge in [-0.15, -0.1) is 0 Å². The Kier molecular flexibility index (Phi) is 6.42.